The normalized spacial score (nSPS) is 14.4. The van der Waals surface area contributed by atoms with Crippen molar-refractivity contribution in [1.29, 1.82) is 0 Å². The number of rotatable bonds is 9. The van der Waals surface area contributed by atoms with E-state index in [1.165, 1.54) is 111 Å². The number of aromatic nitrogens is 10. The summed E-state index contributed by atoms with van der Waals surface area (Å²) in [5.41, 5.74) is 40.5. The monoisotopic (exact) mass is 1870 g/mol. The molecule has 0 fully saturated rings. The number of hydrogen-bond acceptors (Lipinski definition) is 14. The summed E-state index contributed by atoms with van der Waals surface area (Å²) in [5.74, 6) is 5.53. The van der Waals surface area contributed by atoms with Gasteiger partial charge in [0.2, 0.25) is 0 Å². The zero-order valence-electron chi connectivity index (χ0n) is 81.4. The number of hydrogen-bond donors (Lipinski definition) is 0. The fraction of sp³-hybridized carbons (Fsp3) is 0.115. The van der Waals surface area contributed by atoms with Gasteiger partial charge in [0.05, 0.1) is 0 Å². The van der Waals surface area contributed by atoms with Gasteiger partial charge in [-0.1, -0.05) is 300 Å². The molecule has 690 valence electrons. The largest absolute Gasteiger partial charge is 0.456 e. The Hall–Kier alpha value is -17.9. The van der Waals surface area contributed by atoms with Crippen LogP contribution in [-0.2, 0) is 27.1 Å². The van der Waals surface area contributed by atoms with Crippen LogP contribution in [0.2, 0.25) is 0 Å². The van der Waals surface area contributed by atoms with Gasteiger partial charge < -0.3 is 17.7 Å². The SMILES string of the molecule is CC1(C)c2ccccc2-c2cc3c(cc21)oc1ccc(-c2nc(-c4ccccc4)nc(-c4ccc5oc6ccccc6c5c4)n2)cc13.CC1(C)c2ccccc2-c2ccc(-c3nc(-c4ccc5oc6cc7c(cc6c5c4)-c4ccccc4C7(C)C)nc(-c4ccccn4)n3)cc21.CC1(C)c2ccccc2-c2ccc(-c3nc(-c4ccccc4)nc(-c4ccc5oc6cc7c(cc6c5c4)-c4ccccc4C7(C)C)n3)cc21. The van der Waals surface area contributed by atoms with Crippen LogP contribution in [0.3, 0.4) is 0 Å². The van der Waals surface area contributed by atoms with E-state index in [1.54, 1.807) is 6.20 Å². The standard InChI is InChI=1S/C45H33N3O.C44H32N4O.C42H27N3O2/c1-44(2)35-16-10-8-14-29(35)31-20-18-28(23-37(31)44)43-47-41(26-12-6-5-7-13-26)46-42(48-43)27-19-21-39-33(22-27)34-24-32-30-15-9-11-17-36(30)45(3,4)38(32)25-40(34)49-39;1-43(2)33-13-7-5-11-27(33)29-18-16-26(22-35(29)43)41-46-40(47-42(48-41)37-15-9-10-20-45-37)25-17-19-38-31(21-25)32-23-30-28-12-6-8-14-34(28)44(3,4)36(30)24-39(32)49-38;1-42(2)33-14-8-6-12-27(33)29-22-32-31-21-26(17-19-37(31)47-38(32)23-34(29)42)41-44-39(24-10-4-3-5-11-24)43-40(45-41)25-16-18-36-30(20-25)28-13-7-9-15-35(28)46-36/h5-25H,1-4H3;5-24H,1-4H3;3-23H,1-2H3. The highest BCUT2D eigenvalue weighted by Gasteiger charge is 2.42. The first-order valence-corrected chi connectivity index (χ1v) is 49.6. The summed E-state index contributed by atoms with van der Waals surface area (Å²) in [4.78, 5) is 50.0. The molecule has 0 spiro atoms. The van der Waals surface area contributed by atoms with Gasteiger partial charge >= 0.3 is 0 Å². The quantitative estimate of drug-likeness (QED) is 0.133. The zero-order chi connectivity index (χ0) is 97.4. The van der Waals surface area contributed by atoms with Gasteiger partial charge in [-0.25, -0.2) is 44.9 Å². The van der Waals surface area contributed by atoms with E-state index in [9.17, 15) is 0 Å². The van der Waals surface area contributed by atoms with E-state index in [2.05, 4.69) is 323 Å². The van der Waals surface area contributed by atoms with Gasteiger partial charge in [0.15, 0.2) is 52.4 Å². The number of fused-ring (bicyclic) bond motifs is 27. The molecule has 0 saturated carbocycles. The van der Waals surface area contributed by atoms with Crippen LogP contribution < -0.4 is 0 Å². The highest BCUT2D eigenvalue weighted by atomic mass is 16.3. The predicted octanol–water partition coefficient (Wildman–Crippen LogP) is 33.1. The molecule has 0 atom stereocenters. The predicted molar refractivity (Wildman–Crippen MR) is 583 cm³/mol. The first-order chi connectivity index (χ1) is 70.5. The molecule has 0 amide bonds. The second-order valence-electron chi connectivity index (χ2n) is 41.7. The van der Waals surface area contributed by atoms with Crippen LogP contribution in [0.5, 0.6) is 0 Å². The number of furan rings is 4. The first kappa shape index (κ1) is 85.1. The van der Waals surface area contributed by atoms with Crippen LogP contribution in [0.15, 0.2) is 394 Å². The Kier molecular flexibility index (Phi) is 18.5. The molecule has 0 N–H and O–H groups in total. The zero-order valence-corrected chi connectivity index (χ0v) is 81.4. The molecule has 8 heterocycles. The van der Waals surface area contributed by atoms with E-state index >= 15 is 0 Å². The van der Waals surface area contributed by atoms with Crippen LogP contribution in [0.25, 0.3) is 246 Å². The molecule has 145 heavy (non-hydrogen) atoms. The van der Waals surface area contributed by atoms with Crippen molar-refractivity contribution in [2.45, 2.75) is 96.3 Å². The van der Waals surface area contributed by atoms with Crippen LogP contribution >= 0.6 is 0 Å². The average molecular weight is 1870 g/mol. The fourth-order valence-electron chi connectivity index (χ4n) is 23.8. The molecule has 5 aliphatic rings. The topological polar surface area (TPSA) is 181 Å². The lowest BCUT2D eigenvalue weighted by molar-refractivity contribution is 0.647. The minimum atomic E-state index is -0.134. The smallest absolute Gasteiger partial charge is 0.182 e. The van der Waals surface area contributed by atoms with Gasteiger partial charge in [0.1, 0.15) is 50.4 Å². The molecule has 8 aromatic heterocycles. The van der Waals surface area contributed by atoms with Crippen molar-refractivity contribution in [3.05, 3.63) is 432 Å². The highest BCUT2D eigenvalue weighted by Crippen LogP contribution is 2.57. The van der Waals surface area contributed by atoms with Crippen molar-refractivity contribution in [3.8, 4) is 158 Å². The summed E-state index contributed by atoms with van der Waals surface area (Å²) in [7, 11) is 0. The Bertz CT molecular complexity index is 9450. The molecular weight excluding hydrogens is 1780 g/mol. The number of para-hydroxylation sites is 1. The Balaban J connectivity index is 0.000000106. The minimum absolute atomic E-state index is 0.0884. The lowest BCUT2D eigenvalue weighted by atomic mass is 9.82. The first-order valence-electron chi connectivity index (χ1n) is 49.6. The lowest BCUT2D eigenvalue weighted by Gasteiger charge is -2.21. The third kappa shape index (κ3) is 13.3. The van der Waals surface area contributed by atoms with Gasteiger partial charge in [0.25, 0.3) is 0 Å². The van der Waals surface area contributed by atoms with Crippen LogP contribution in [0.1, 0.15) is 125 Å². The maximum Gasteiger partial charge on any atom is 0.182 e. The Morgan fingerprint density at radius 2 is 0.386 bits per heavy atom. The minimum Gasteiger partial charge on any atom is -0.456 e. The Labute approximate surface area is 836 Å². The third-order valence-electron chi connectivity index (χ3n) is 31.5. The summed E-state index contributed by atoms with van der Waals surface area (Å²) < 4.78 is 25.5. The molecule has 14 heteroatoms. The maximum absolute atomic E-state index is 6.48. The number of benzene rings is 17. The van der Waals surface area contributed by atoms with Crippen molar-refractivity contribution < 1.29 is 17.7 Å². The Morgan fingerprint density at radius 1 is 0.152 bits per heavy atom. The van der Waals surface area contributed by atoms with E-state index < -0.39 is 0 Å². The molecular formula is C131H92N10O4. The van der Waals surface area contributed by atoms with Crippen LogP contribution in [0.4, 0.5) is 0 Å². The molecule has 0 radical (unpaired) electrons. The molecule has 0 aliphatic heterocycles. The van der Waals surface area contributed by atoms with E-state index in [0.29, 0.717) is 58.1 Å². The van der Waals surface area contributed by atoms with E-state index in [0.717, 1.165) is 132 Å². The van der Waals surface area contributed by atoms with Gasteiger partial charge in [-0.05, 0) is 251 Å². The van der Waals surface area contributed by atoms with Crippen LogP contribution in [-0.4, -0.2) is 49.8 Å². The summed E-state index contributed by atoms with van der Waals surface area (Å²) >= 11 is 0. The van der Waals surface area contributed by atoms with E-state index in [-0.39, 0.29) is 27.1 Å². The molecule has 25 aromatic rings. The average Bonchev–Trinajstić information content (AvgIpc) is 1.55. The molecule has 30 rings (SSSR count). The maximum atomic E-state index is 6.48. The van der Waals surface area contributed by atoms with Crippen molar-refractivity contribution in [1.82, 2.24) is 49.8 Å². The number of nitrogens with zero attached hydrogens (tertiary/aromatic N) is 10. The van der Waals surface area contributed by atoms with Crippen LogP contribution in [0, 0.1) is 0 Å². The number of pyridine rings is 1. The Morgan fingerprint density at radius 3 is 0.717 bits per heavy atom. The van der Waals surface area contributed by atoms with Crippen molar-refractivity contribution in [3.63, 3.8) is 0 Å². The van der Waals surface area contributed by atoms with Crippen molar-refractivity contribution >= 4 is 87.8 Å². The molecule has 14 nitrogen and oxygen atoms in total. The summed E-state index contributed by atoms with van der Waals surface area (Å²) in [6, 6.07) is 129. The van der Waals surface area contributed by atoms with Gasteiger partial charge in [-0.3, -0.25) is 4.98 Å². The molecule has 0 unspecified atom stereocenters. The molecule has 0 bridgehead atoms. The summed E-state index contributed by atoms with van der Waals surface area (Å²) in [6.07, 6.45) is 1.77. The third-order valence-corrected chi connectivity index (χ3v) is 31.5. The van der Waals surface area contributed by atoms with Crippen molar-refractivity contribution in [2.24, 2.45) is 0 Å². The van der Waals surface area contributed by atoms with E-state index in [4.69, 9.17) is 62.5 Å². The van der Waals surface area contributed by atoms with Gasteiger partial charge in [0, 0.05) is 121 Å². The second kappa shape index (κ2) is 31.6. The molecule has 17 aromatic carbocycles. The fourth-order valence-corrected chi connectivity index (χ4v) is 23.8. The molecule has 0 saturated heterocycles. The second-order valence-corrected chi connectivity index (χ2v) is 41.7. The summed E-state index contributed by atoms with van der Waals surface area (Å²) in [6.45, 7) is 23.0. The molecule has 5 aliphatic carbocycles. The van der Waals surface area contributed by atoms with Gasteiger partial charge in [-0.15, -0.1) is 0 Å². The van der Waals surface area contributed by atoms with Gasteiger partial charge in [-0.2, -0.15) is 0 Å². The highest BCUT2D eigenvalue weighted by molar-refractivity contribution is 6.13. The van der Waals surface area contributed by atoms with E-state index in [1.807, 2.05) is 121 Å². The lowest BCUT2D eigenvalue weighted by Crippen LogP contribution is -2.15. The summed E-state index contributed by atoms with van der Waals surface area (Å²) in [5, 5.41) is 8.50. The van der Waals surface area contributed by atoms with Crippen molar-refractivity contribution in [2.75, 3.05) is 0 Å².